The molecule has 19 heavy (non-hydrogen) atoms. The summed E-state index contributed by atoms with van der Waals surface area (Å²) < 4.78 is -0.416. The third-order valence-electron chi connectivity index (χ3n) is 4.14. The highest BCUT2D eigenvalue weighted by Crippen LogP contribution is 2.30. The van der Waals surface area contributed by atoms with E-state index >= 15 is 0 Å². The molecule has 108 valence electrons. The SMILES string of the molecule is CN(CC1CCCC1)C(=O)[C@H]1CSC(C)(C)C(=O)N1. The molecular formula is C14H24N2O2S. The van der Waals surface area contributed by atoms with Gasteiger partial charge in [0.25, 0.3) is 0 Å². The molecule has 2 aliphatic rings. The summed E-state index contributed by atoms with van der Waals surface area (Å²) in [5.74, 6) is 1.35. The van der Waals surface area contributed by atoms with E-state index in [0.717, 1.165) is 6.54 Å². The lowest BCUT2D eigenvalue weighted by Crippen LogP contribution is -2.57. The van der Waals surface area contributed by atoms with E-state index in [1.165, 1.54) is 25.7 Å². The molecule has 0 aromatic carbocycles. The molecule has 1 heterocycles. The monoisotopic (exact) mass is 284 g/mol. The van der Waals surface area contributed by atoms with Crippen molar-refractivity contribution in [3.63, 3.8) is 0 Å². The van der Waals surface area contributed by atoms with Gasteiger partial charge in [0.2, 0.25) is 11.8 Å². The molecule has 0 aromatic rings. The molecule has 1 atom stereocenters. The predicted molar refractivity (Wildman–Crippen MR) is 78.1 cm³/mol. The van der Waals surface area contributed by atoms with E-state index in [0.29, 0.717) is 11.7 Å². The summed E-state index contributed by atoms with van der Waals surface area (Å²) in [6.45, 7) is 4.63. The third-order valence-corrected chi connectivity index (χ3v) is 5.55. The molecule has 1 aliphatic heterocycles. The van der Waals surface area contributed by atoms with Gasteiger partial charge in [0.05, 0.1) is 4.75 Å². The second-order valence-electron chi connectivity index (χ2n) is 6.22. The summed E-state index contributed by atoms with van der Waals surface area (Å²) in [4.78, 5) is 26.0. The average molecular weight is 284 g/mol. The first kappa shape index (κ1) is 14.7. The van der Waals surface area contributed by atoms with Crippen LogP contribution in [0, 0.1) is 5.92 Å². The first-order chi connectivity index (χ1) is 8.90. The Morgan fingerprint density at radius 1 is 1.42 bits per heavy atom. The van der Waals surface area contributed by atoms with Crippen LogP contribution in [0.15, 0.2) is 0 Å². The van der Waals surface area contributed by atoms with Crippen LogP contribution in [-0.4, -0.2) is 46.8 Å². The third kappa shape index (κ3) is 3.44. The molecule has 1 saturated heterocycles. The lowest BCUT2D eigenvalue weighted by atomic mass is 10.1. The number of carbonyl (C=O) groups excluding carboxylic acids is 2. The molecule has 0 bridgehead atoms. The van der Waals surface area contributed by atoms with Gasteiger partial charge in [-0.15, -0.1) is 11.8 Å². The van der Waals surface area contributed by atoms with Crippen LogP contribution < -0.4 is 5.32 Å². The zero-order chi connectivity index (χ0) is 14.0. The lowest BCUT2D eigenvalue weighted by molar-refractivity contribution is -0.136. The molecule has 0 radical (unpaired) electrons. The van der Waals surface area contributed by atoms with Crippen LogP contribution in [-0.2, 0) is 9.59 Å². The van der Waals surface area contributed by atoms with E-state index in [1.807, 2.05) is 20.9 Å². The molecule has 2 rings (SSSR count). The first-order valence-corrected chi connectivity index (χ1v) is 8.08. The summed E-state index contributed by atoms with van der Waals surface area (Å²) in [7, 11) is 1.86. The molecule has 0 aromatic heterocycles. The van der Waals surface area contributed by atoms with Crippen LogP contribution in [0.25, 0.3) is 0 Å². The van der Waals surface area contributed by atoms with Crippen LogP contribution >= 0.6 is 11.8 Å². The quantitative estimate of drug-likeness (QED) is 0.857. The Bertz CT molecular complexity index is 364. The summed E-state index contributed by atoms with van der Waals surface area (Å²) in [6, 6.07) is -0.350. The smallest absolute Gasteiger partial charge is 0.245 e. The zero-order valence-corrected chi connectivity index (χ0v) is 12.9. The number of rotatable bonds is 3. The average Bonchev–Trinajstić information content (AvgIpc) is 2.84. The normalized spacial score (nSPS) is 27.1. The van der Waals surface area contributed by atoms with Crippen molar-refractivity contribution in [2.75, 3.05) is 19.3 Å². The van der Waals surface area contributed by atoms with Crippen molar-refractivity contribution in [3.05, 3.63) is 0 Å². The van der Waals surface area contributed by atoms with Crippen LogP contribution in [0.3, 0.4) is 0 Å². The molecule has 0 spiro atoms. The van der Waals surface area contributed by atoms with Crippen molar-refractivity contribution in [1.29, 1.82) is 0 Å². The largest absolute Gasteiger partial charge is 0.344 e. The second kappa shape index (κ2) is 5.73. The maximum Gasteiger partial charge on any atom is 0.245 e. The summed E-state index contributed by atoms with van der Waals surface area (Å²) >= 11 is 1.57. The molecule has 1 N–H and O–H groups in total. The van der Waals surface area contributed by atoms with Gasteiger partial charge in [-0.1, -0.05) is 12.8 Å². The van der Waals surface area contributed by atoms with Gasteiger partial charge in [-0.3, -0.25) is 9.59 Å². The van der Waals surface area contributed by atoms with Crippen molar-refractivity contribution in [2.24, 2.45) is 5.92 Å². The Balaban J connectivity index is 1.87. The van der Waals surface area contributed by atoms with Gasteiger partial charge in [-0.05, 0) is 32.6 Å². The van der Waals surface area contributed by atoms with Crippen LogP contribution in [0.1, 0.15) is 39.5 Å². The zero-order valence-electron chi connectivity index (χ0n) is 12.1. The summed E-state index contributed by atoms with van der Waals surface area (Å²) in [5.41, 5.74) is 0. The predicted octanol–water partition coefficient (Wildman–Crippen LogP) is 1.65. The van der Waals surface area contributed by atoms with Gasteiger partial charge in [-0.25, -0.2) is 0 Å². The van der Waals surface area contributed by atoms with E-state index in [2.05, 4.69) is 5.32 Å². The van der Waals surface area contributed by atoms with Crippen molar-refractivity contribution >= 4 is 23.6 Å². The molecule has 4 nitrogen and oxygen atoms in total. The minimum atomic E-state index is -0.416. The number of nitrogens with zero attached hydrogens (tertiary/aromatic N) is 1. The summed E-state index contributed by atoms with van der Waals surface area (Å²) in [6.07, 6.45) is 5.04. The number of nitrogens with one attached hydrogen (secondary N) is 1. The highest BCUT2D eigenvalue weighted by atomic mass is 32.2. The maximum absolute atomic E-state index is 12.3. The highest BCUT2D eigenvalue weighted by molar-refractivity contribution is 8.01. The Hall–Kier alpha value is -0.710. The lowest BCUT2D eigenvalue weighted by Gasteiger charge is -2.35. The summed E-state index contributed by atoms with van der Waals surface area (Å²) in [5, 5.41) is 2.86. The Morgan fingerprint density at radius 3 is 2.63 bits per heavy atom. The van der Waals surface area contributed by atoms with Crippen LogP contribution in [0.4, 0.5) is 0 Å². The molecule has 5 heteroatoms. The van der Waals surface area contributed by atoms with E-state index in [4.69, 9.17) is 0 Å². The molecule has 2 fully saturated rings. The van der Waals surface area contributed by atoms with Crippen LogP contribution in [0.5, 0.6) is 0 Å². The van der Waals surface area contributed by atoms with Gasteiger partial charge < -0.3 is 10.2 Å². The van der Waals surface area contributed by atoms with E-state index in [-0.39, 0.29) is 17.9 Å². The molecule has 0 unspecified atom stereocenters. The number of likely N-dealkylation sites (N-methyl/N-ethyl adjacent to an activating group) is 1. The molecule has 1 aliphatic carbocycles. The van der Waals surface area contributed by atoms with Gasteiger partial charge in [-0.2, -0.15) is 0 Å². The van der Waals surface area contributed by atoms with Crippen molar-refractivity contribution in [1.82, 2.24) is 10.2 Å². The fourth-order valence-electron chi connectivity index (χ4n) is 2.80. The van der Waals surface area contributed by atoms with Gasteiger partial charge in [0, 0.05) is 19.3 Å². The topological polar surface area (TPSA) is 49.4 Å². The second-order valence-corrected chi connectivity index (χ2v) is 7.86. The first-order valence-electron chi connectivity index (χ1n) is 7.10. The number of thioether (sulfide) groups is 1. The van der Waals surface area contributed by atoms with Crippen LogP contribution in [0.2, 0.25) is 0 Å². The Morgan fingerprint density at radius 2 is 2.05 bits per heavy atom. The van der Waals surface area contributed by atoms with E-state index in [9.17, 15) is 9.59 Å². The number of carbonyl (C=O) groups is 2. The van der Waals surface area contributed by atoms with Gasteiger partial charge >= 0.3 is 0 Å². The Labute approximate surface area is 119 Å². The number of hydrogen-bond acceptors (Lipinski definition) is 3. The van der Waals surface area contributed by atoms with Crippen molar-refractivity contribution < 1.29 is 9.59 Å². The number of hydrogen-bond donors (Lipinski definition) is 1. The van der Waals surface area contributed by atoms with Crippen molar-refractivity contribution in [3.8, 4) is 0 Å². The number of amides is 2. The fraction of sp³-hybridized carbons (Fsp3) is 0.857. The fourth-order valence-corrected chi connectivity index (χ4v) is 3.80. The van der Waals surface area contributed by atoms with E-state index < -0.39 is 4.75 Å². The minimum Gasteiger partial charge on any atom is -0.344 e. The van der Waals surface area contributed by atoms with Crippen molar-refractivity contribution in [2.45, 2.75) is 50.3 Å². The Kier molecular flexibility index (Phi) is 4.43. The molecule has 2 amide bonds. The maximum atomic E-state index is 12.3. The van der Waals surface area contributed by atoms with E-state index in [1.54, 1.807) is 16.7 Å². The highest BCUT2D eigenvalue weighted by Gasteiger charge is 2.38. The standard InChI is InChI=1S/C14H24N2O2S/c1-14(2)13(18)15-11(9-19-14)12(17)16(3)8-10-6-4-5-7-10/h10-11H,4-9H2,1-3H3,(H,15,18)/t11-/m1/s1. The van der Waals surface area contributed by atoms with Gasteiger partial charge in [0.1, 0.15) is 6.04 Å². The van der Waals surface area contributed by atoms with Gasteiger partial charge in [0.15, 0.2) is 0 Å². The molecule has 1 saturated carbocycles. The molecular weight excluding hydrogens is 260 g/mol. The minimum absolute atomic E-state index is 0.0311.